The third-order valence-electron chi connectivity index (χ3n) is 5.87. The average Bonchev–Trinajstić information content (AvgIpc) is 2.47. The number of pyridine rings is 1. The summed E-state index contributed by atoms with van der Waals surface area (Å²) in [5, 5.41) is 8.92. The Bertz CT molecular complexity index is 698. The lowest BCUT2D eigenvalue weighted by Crippen LogP contribution is -2.71. The van der Waals surface area contributed by atoms with Gasteiger partial charge in [0.05, 0.1) is 5.56 Å². The van der Waals surface area contributed by atoms with Crippen LogP contribution in [0.4, 0.5) is 4.79 Å². The molecule has 24 heavy (non-hydrogen) atoms. The SMILES string of the molecule is CC(C)(C)OC(=O)N1CC2CC3(c4ccc(C#N)cn4)CC(C1)C23. The van der Waals surface area contributed by atoms with E-state index in [1.165, 1.54) is 0 Å². The maximum Gasteiger partial charge on any atom is 0.410 e. The summed E-state index contributed by atoms with van der Waals surface area (Å²) in [4.78, 5) is 18.8. The Kier molecular flexibility index (Phi) is 3.19. The number of piperidine rings is 1. The van der Waals surface area contributed by atoms with E-state index in [0.717, 1.165) is 31.6 Å². The van der Waals surface area contributed by atoms with Gasteiger partial charge in [-0.15, -0.1) is 0 Å². The van der Waals surface area contributed by atoms with E-state index in [-0.39, 0.29) is 11.5 Å². The molecule has 2 atom stereocenters. The molecule has 126 valence electrons. The summed E-state index contributed by atoms with van der Waals surface area (Å²) in [6.45, 7) is 7.33. The number of hydrogen-bond donors (Lipinski definition) is 0. The minimum absolute atomic E-state index is 0.179. The number of hydrogen-bond acceptors (Lipinski definition) is 4. The van der Waals surface area contributed by atoms with E-state index < -0.39 is 5.60 Å². The second-order valence-electron chi connectivity index (χ2n) is 8.54. The monoisotopic (exact) mass is 325 g/mol. The number of likely N-dealkylation sites (tertiary alicyclic amines) is 1. The molecule has 0 aromatic carbocycles. The lowest BCUT2D eigenvalue weighted by atomic mass is 9.36. The largest absolute Gasteiger partial charge is 0.444 e. The van der Waals surface area contributed by atoms with Gasteiger partial charge in [-0.2, -0.15) is 5.26 Å². The van der Waals surface area contributed by atoms with Crippen molar-refractivity contribution >= 4 is 6.09 Å². The summed E-state index contributed by atoms with van der Waals surface area (Å²) in [5.74, 6) is 1.75. The molecule has 1 saturated heterocycles. The van der Waals surface area contributed by atoms with Crippen molar-refractivity contribution in [2.24, 2.45) is 17.8 Å². The smallest absolute Gasteiger partial charge is 0.410 e. The second kappa shape index (κ2) is 4.95. The summed E-state index contributed by atoms with van der Waals surface area (Å²) in [6.07, 6.45) is 3.68. The molecule has 1 amide bonds. The van der Waals surface area contributed by atoms with Gasteiger partial charge < -0.3 is 9.64 Å². The number of amides is 1. The Balaban J connectivity index is 1.45. The van der Waals surface area contributed by atoms with Crippen molar-refractivity contribution in [3.05, 3.63) is 29.6 Å². The molecule has 2 aliphatic carbocycles. The van der Waals surface area contributed by atoms with Crippen molar-refractivity contribution in [1.82, 2.24) is 9.88 Å². The van der Waals surface area contributed by atoms with Crippen LogP contribution in [0.2, 0.25) is 0 Å². The van der Waals surface area contributed by atoms with Crippen molar-refractivity contribution < 1.29 is 9.53 Å². The lowest BCUT2D eigenvalue weighted by Gasteiger charge is -2.70. The Morgan fingerprint density at radius 3 is 2.50 bits per heavy atom. The molecule has 2 unspecified atom stereocenters. The van der Waals surface area contributed by atoms with Gasteiger partial charge in [0.2, 0.25) is 0 Å². The van der Waals surface area contributed by atoms with Gasteiger partial charge in [0.15, 0.2) is 0 Å². The Morgan fingerprint density at radius 1 is 1.33 bits per heavy atom. The van der Waals surface area contributed by atoms with Crippen LogP contribution in [0, 0.1) is 29.1 Å². The molecule has 0 N–H and O–H groups in total. The van der Waals surface area contributed by atoms with Crippen LogP contribution in [-0.4, -0.2) is 34.7 Å². The van der Waals surface area contributed by atoms with Crippen molar-refractivity contribution in [3.8, 4) is 6.07 Å². The van der Waals surface area contributed by atoms with Gasteiger partial charge in [-0.05, 0) is 63.5 Å². The molecule has 1 aromatic heterocycles. The summed E-state index contributed by atoms with van der Waals surface area (Å²) < 4.78 is 5.53. The molecular weight excluding hydrogens is 302 g/mol. The second-order valence-corrected chi connectivity index (χ2v) is 8.54. The number of nitriles is 1. The van der Waals surface area contributed by atoms with E-state index in [1.54, 1.807) is 6.20 Å². The van der Waals surface area contributed by atoms with E-state index in [0.29, 0.717) is 23.3 Å². The van der Waals surface area contributed by atoms with Crippen molar-refractivity contribution in [2.45, 2.75) is 44.6 Å². The molecule has 2 heterocycles. The topological polar surface area (TPSA) is 66.2 Å². The molecule has 1 aliphatic heterocycles. The first kappa shape index (κ1) is 15.4. The molecule has 5 heteroatoms. The van der Waals surface area contributed by atoms with Gasteiger partial charge in [0.25, 0.3) is 0 Å². The number of ether oxygens (including phenoxy) is 1. The molecule has 3 aliphatic rings. The highest BCUT2D eigenvalue weighted by Crippen LogP contribution is 2.69. The zero-order chi connectivity index (χ0) is 17.1. The summed E-state index contributed by atoms with van der Waals surface area (Å²) >= 11 is 0. The summed E-state index contributed by atoms with van der Waals surface area (Å²) in [5.41, 5.74) is 1.50. The fraction of sp³-hybridized carbons (Fsp3) is 0.632. The molecule has 3 fully saturated rings. The van der Waals surface area contributed by atoms with Crippen LogP contribution in [0.25, 0.3) is 0 Å². The maximum absolute atomic E-state index is 12.3. The van der Waals surface area contributed by atoms with Gasteiger partial charge in [0.1, 0.15) is 11.7 Å². The third-order valence-corrected chi connectivity index (χ3v) is 5.87. The molecule has 0 bridgehead atoms. The number of aromatic nitrogens is 1. The van der Waals surface area contributed by atoms with Crippen LogP contribution in [0.1, 0.15) is 44.9 Å². The normalized spacial score (nSPS) is 33.6. The van der Waals surface area contributed by atoms with Crippen LogP contribution in [-0.2, 0) is 10.2 Å². The maximum atomic E-state index is 12.3. The zero-order valence-electron chi connectivity index (χ0n) is 14.5. The Morgan fingerprint density at radius 2 is 2.00 bits per heavy atom. The predicted octanol–water partition coefficient (Wildman–Crippen LogP) is 3.10. The fourth-order valence-corrected chi connectivity index (χ4v) is 5.12. The molecule has 0 spiro atoms. The standard InChI is InChI=1S/C19H23N3O2/c1-18(2,3)24-17(23)22-10-13-6-19(7-14(11-22)16(13)19)15-5-4-12(8-20)9-21-15/h4-5,9,13-14,16H,6-7,10-11H2,1-3H3. The molecule has 1 aromatic rings. The van der Waals surface area contributed by atoms with E-state index >= 15 is 0 Å². The highest BCUT2D eigenvalue weighted by Gasteiger charge is 2.68. The molecule has 0 radical (unpaired) electrons. The first-order valence-electron chi connectivity index (χ1n) is 8.67. The number of rotatable bonds is 1. The first-order valence-corrected chi connectivity index (χ1v) is 8.67. The highest BCUT2D eigenvalue weighted by atomic mass is 16.6. The van der Waals surface area contributed by atoms with Gasteiger partial charge >= 0.3 is 6.09 Å². The van der Waals surface area contributed by atoms with Crippen LogP contribution >= 0.6 is 0 Å². The molecule has 2 saturated carbocycles. The van der Waals surface area contributed by atoms with Crippen molar-refractivity contribution in [1.29, 1.82) is 5.26 Å². The van der Waals surface area contributed by atoms with Gasteiger partial charge in [-0.1, -0.05) is 0 Å². The number of carbonyl (C=O) groups is 1. The van der Waals surface area contributed by atoms with Crippen LogP contribution in [0.15, 0.2) is 18.3 Å². The number of carbonyl (C=O) groups excluding carboxylic acids is 1. The summed E-state index contributed by atoms with van der Waals surface area (Å²) in [6, 6.07) is 6.01. The highest BCUT2D eigenvalue weighted by molar-refractivity contribution is 5.68. The van der Waals surface area contributed by atoms with E-state index in [2.05, 4.69) is 11.1 Å². The quantitative estimate of drug-likeness (QED) is 0.796. The Labute approximate surface area is 142 Å². The van der Waals surface area contributed by atoms with Gasteiger partial charge in [-0.3, -0.25) is 4.98 Å². The zero-order valence-corrected chi connectivity index (χ0v) is 14.5. The van der Waals surface area contributed by atoms with Crippen LogP contribution < -0.4 is 0 Å². The van der Waals surface area contributed by atoms with Crippen LogP contribution in [0.3, 0.4) is 0 Å². The number of nitrogens with zero attached hydrogens (tertiary/aromatic N) is 3. The average molecular weight is 325 g/mol. The minimum atomic E-state index is -0.441. The van der Waals surface area contributed by atoms with Gasteiger partial charge in [0, 0.05) is 30.4 Å². The van der Waals surface area contributed by atoms with E-state index in [9.17, 15) is 4.79 Å². The molecule has 5 nitrogen and oxygen atoms in total. The Hall–Kier alpha value is -2.09. The van der Waals surface area contributed by atoms with Gasteiger partial charge in [-0.25, -0.2) is 4.79 Å². The molecular formula is C19H23N3O2. The van der Waals surface area contributed by atoms with E-state index in [4.69, 9.17) is 10.00 Å². The van der Waals surface area contributed by atoms with Crippen LogP contribution in [0.5, 0.6) is 0 Å². The predicted molar refractivity (Wildman–Crippen MR) is 88.1 cm³/mol. The van der Waals surface area contributed by atoms with Crippen molar-refractivity contribution in [2.75, 3.05) is 13.1 Å². The first-order chi connectivity index (χ1) is 11.3. The summed E-state index contributed by atoms with van der Waals surface area (Å²) in [7, 11) is 0. The van der Waals surface area contributed by atoms with E-state index in [1.807, 2.05) is 37.8 Å². The third kappa shape index (κ3) is 2.20. The minimum Gasteiger partial charge on any atom is -0.444 e. The lowest BCUT2D eigenvalue weighted by molar-refractivity contribution is -0.170. The fourth-order valence-electron chi connectivity index (χ4n) is 5.12. The van der Waals surface area contributed by atoms with Crippen molar-refractivity contribution in [3.63, 3.8) is 0 Å². The molecule has 4 rings (SSSR count).